The molecule has 0 saturated carbocycles. The highest BCUT2D eigenvalue weighted by Crippen LogP contribution is 2.18. The maximum absolute atomic E-state index is 11.8. The number of carbonyl (C=O) groups is 1. The summed E-state index contributed by atoms with van der Waals surface area (Å²) in [7, 11) is 0. The number of carbonyl (C=O) groups excluding carboxylic acids is 1. The fourth-order valence-corrected chi connectivity index (χ4v) is 2.18. The minimum atomic E-state index is 0.000644. The molecule has 0 bridgehead atoms. The van der Waals surface area contributed by atoms with Crippen LogP contribution in [-0.2, 0) is 11.2 Å². The summed E-state index contributed by atoms with van der Waals surface area (Å²) in [5.41, 5.74) is 3.28. The van der Waals surface area contributed by atoms with Crippen molar-refractivity contribution in [3.8, 4) is 5.75 Å². The number of aryl methyl sites for hydroxylation is 2. The number of benzene rings is 1. The van der Waals surface area contributed by atoms with Gasteiger partial charge < -0.3 is 10.1 Å². The van der Waals surface area contributed by atoms with Crippen LogP contribution in [0.3, 0.4) is 0 Å². The third kappa shape index (κ3) is 5.20. The van der Waals surface area contributed by atoms with Gasteiger partial charge in [0.1, 0.15) is 5.75 Å². The SMILES string of the molecule is Cc1ccc(OCCC(=O)NCCc2ccccn2)c(C)c1. The number of rotatable bonds is 7. The fourth-order valence-electron chi connectivity index (χ4n) is 2.18. The number of nitrogens with zero attached hydrogens (tertiary/aromatic N) is 1. The third-order valence-electron chi connectivity index (χ3n) is 3.35. The van der Waals surface area contributed by atoms with Crippen molar-refractivity contribution in [1.29, 1.82) is 0 Å². The molecule has 0 aliphatic carbocycles. The first-order valence-electron chi connectivity index (χ1n) is 7.52. The largest absolute Gasteiger partial charge is 0.493 e. The van der Waals surface area contributed by atoms with Crippen LogP contribution >= 0.6 is 0 Å². The van der Waals surface area contributed by atoms with Crippen molar-refractivity contribution in [2.75, 3.05) is 13.2 Å². The molecular formula is C18H22N2O2. The normalized spacial score (nSPS) is 10.3. The summed E-state index contributed by atoms with van der Waals surface area (Å²) in [6, 6.07) is 11.8. The van der Waals surface area contributed by atoms with E-state index in [0.29, 0.717) is 19.6 Å². The summed E-state index contributed by atoms with van der Waals surface area (Å²) < 4.78 is 5.65. The highest BCUT2D eigenvalue weighted by molar-refractivity contribution is 5.75. The molecule has 116 valence electrons. The number of aromatic nitrogens is 1. The van der Waals surface area contributed by atoms with E-state index in [4.69, 9.17) is 4.74 Å². The molecule has 0 spiro atoms. The van der Waals surface area contributed by atoms with Crippen LogP contribution in [-0.4, -0.2) is 24.0 Å². The summed E-state index contributed by atoms with van der Waals surface area (Å²) in [5.74, 6) is 0.840. The highest BCUT2D eigenvalue weighted by atomic mass is 16.5. The van der Waals surface area contributed by atoms with Crippen molar-refractivity contribution in [2.24, 2.45) is 0 Å². The Kier molecular flexibility index (Phi) is 5.95. The van der Waals surface area contributed by atoms with E-state index in [1.165, 1.54) is 5.56 Å². The smallest absolute Gasteiger partial charge is 0.223 e. The maximum Gasteiger partial charge on any atom is 0.223 e. The topological polar surface area (TPSA) is 51.2 Å². The second kappa shape index (κ2) is 8.17. The Balaban J connectivity index is 1.65. The molecule has 0 radical (unpaired) electrons. The Morgan fingerprint density at radius 3 is 2.82 bits per heavy atom. The zero-order valence-corrected chi connectivity index (χ0v) is 13.1. The lowest BCUT2D eigenvalue weighted by Gasteiger charge is -2.10. The molecule has 2 rings (SSSR count). The van der Waals surface area contributed by atoms with Gasteiger partial charge in [-0.3, -0.25) is 9.78 Å². The Hall–Kier alpha value is -2.36. The lowest BCUT2D eigenvalue weighted by Crippen LogP contribution is -2.27. The van der Waals surface area contributed by atoms with E-state index in [-0.39, 0.29) is 5.91 Å². The van der Waals surface area contributed by atoms with Gasteiger partial charge in [0.05, 0.1) is 13.0 Å². The van der Waals surface area contributed by atoms with E-state index < -0.39 is 0 Å². The van der Waals surface area contributed by atoms with Gasteiger partial charge in [-0.2, -0.15) is 0 Å². The summed E-state index contributed by atoms with van der Waals surface area (Å²) in [6.07, 6.45) is 2.86. The molecule has 0 atom stereocenters. The van der Waals surface area contributed by atoms with Crippen molar-refractivity contribution >= 4 is 5.91 Å². The van der Waals surface area contributed by atoms with Crippen LogP contribution in [0.15, 0.2) is 42.6 Å². The summed E-state index contributed by atoms with van der Waals surface area (Å²) >= 11 is 0. The summed E-state index contributed by atoms with van der Waals surface area (Å²) in [6.45, 7) is 5.04. The van der Waals surface area contributed by atoms with Crippen molar-refractivity contribution in [2.45, 2.75) is 26.7 Å². The van der Waals surface area contributed by atoms with Gasteiger partial charge in [0.2, 0.25) is 5.91 Å². The Labute approximate surface area is 131 Å². The van der Waals surface area contributed by atoms with E-state index in [0.717, 1.165) is 23.4 Å². The molecular weight excluding hydrogens is 276 g/mol. The molecule has 1 heterocycles. The van der Waals surface area contributed by atoms with Crippen LogP contribution in [0.2, 0.25) is 0 Å². The molecule has 1 amide bonds. The van der Waals surface area contributed by atoms with Crippen LogP contribution in [0.5, 0.6) is 5.75 Å². The van der Waals surface area contributed by atoms with Gasteiger partial charge in [0, 0.05) is 24.9 Å². The van der Waals surface area contributed by atoms with Gasteiger partial charge in [-0.25, -0.2) is 0 Å². The second-order valence-corrected chi connectivity index (χ2v) is 5.29. The van der Waals surface area contributed by atoms with E-state index in [1.54, 1.807) is 6.20 Å². The van der Waals surface area contributed by atoms with Gasteiger partial charge in [-0.15, -0.1) is 0 Å². The zero-order valence-electron chi connectivity index (χ0n) is 13.1. The number of amides is 1. The summed E-state index contributed by atoms with van der Waals surface area (Å²) in [4.78, 5) is 16.0. The molecule has 1 aromatic heterocycles. The molecule has 1 aromatic carbocycles. The molecule has 2 aromatic rings. The predicted molar refractivity (Wildman–Crippen MR) is 87.0 cm³/mol. The zero-order chi connectivity index (χ0) is 15.8. The fraction of sp³-hybridized carbons (Fsp3) is 0.333. The Morgan fingerprint density at radius 1 is 1.23 bits per heavy atom. The number of nitrogens with one attached hydrogen (secondary N) is 1. The Morgan fingerprint density at radius 2 is 2.09 bits per heavy atom. The summed E-state index contributed by atoms with van der Waals surface area (Å²) in [5, 5.41) is 2.88. The minimum Gasteiger partial charge on any atom is -0.493 e. The number of hydrogen-bond donors (Lipinski definition) is 1. The van der Waals surface area contributed by atoms with Crippen molar-refractivity contribution in [3.63, 3.8) is 0 Å². The number of ether oxygens (including phenoxy) is 1. The van der Waals surface area contributed by atoms with Crippen LogP contribution < -0.4 is 10.1 Å². The van der Waals surface area contributed by atoms with E-state index >= 15 is 0 Å². The lowest BCUT2D eigenvalue weighted by molar-refractivity contribution is -0.121. The van der Waals surface area contributed by atoms with Crippen molar-refractivity contribution in [1.82, 2.24) is 10.3 Å². The van der Waals surface area contributed by atoms with E-state index in [1.807, 2.05) is 44.2 Å². The maximum atomic E-state index is 11.8. The van der Waals surface area contributed by atoms with E-state index in [9.17, 15) is 4.79 Å². The van der Waals surface area contributed by atoms with Gasteiger partial charge in [-0.05, 0) is 37.6 Å². The molecule has 4 nitrogen and oxygen atoms in total. The molecule has 0 aliphatic rings. The highest BCUT2D eigenvalue weighted by Gasteiger charge is 2.04. The number of pyridine rings is 1. The molecule has 0 fully saturated rings. The minimum absolute atomic E-state index is 0.000644. The molecule has 1 N–H and O–H groups in total. The number of hydrogen-bond acceptors (Lipinski definition) is 3. The first-order valence-corrected chi connectivity index (χ1v) is 7.52. The molecule has 4 heteroatoms. The molecule has 0 saturated heterocycles. The lowest BCUT2D eigenvalue weighted by atomic mass is 10.1. The van der Waals surface area contributed by atoms with E-state index in [2.05, 4.69) is 16.4 Å². The first kappa shape index (κ1) is 16.0. The first-order chi connectivity index (χ1) is 10.6. The predicted octanol–water partition coefficient (Wildman–Crippen LogP) is 2.83. The van der Waals surface area contributed by atoms with Crippen LogP contribution in [0, 0.1) is 13.8 Å². The van der Waals surface area contributed by atoms with Gasteiger partial charge in [-0.1, -0.05) is 23.8 Å². The van der Waals surface area contributed by atoms with Crippen LogP contribution in [0.1, 0.15) is 23.2 Å². The van der Waals surface area contributed by atoms with Gasteiger partial charge in [0.25, 0.3) is 0 Å². The van der Waals surface area contributed by atoms with Crippen LogP contribution in [0.25, 0.3) is 0 Å². The quantitative estimate of drug-likeness (QED) is 0.855. The monoisotopic (exact) mass is 298 g/mol. The standard InChI is InChI=1S/C18H22N2O2/c1-14-6-7-17(15(2)13-14)22-12-9-18(21)20-11-8-16-5-3-4-10-19-16/h3-7,10,13H,8-9,11-12H2,1-2H3,(H,20,21). The average Bonchev–Trinajstić information content (AvgIpc) is 2.50. The average molecular weight is 298 g/mol. The molecule has 0 unspecified atom stereocenters. The molecule has 22 heavy (non-hydrogen) atoms. The molecule has 0 aliphatic heterocycles. The second-order valence-electron chi connectivity index (χ2n) is 5.29. The Bertz CT molecular complexity index is 612. The van der Waals surface area contributed by atoms with Crippen LogP contribution in [0.4, 0.5) is 0 Å². The van der Waals surface area contributed by atoms with Crippen molar-refractivity contribution in [3.05, 3.63) is 59.4 Å². The van der Waals surface area contributed by atoms with Crippen molar-refractivity contribution < 1.29 is 9.53 Å². The third-order valence-corrected chi connectivity index (χ3v) is 3.35. The van der Waals surface area contributed by atoms with Gasteiger partial charge in [0.15, 0.2) is 0 Å². The van der Waals surface area contributed by atoms with Gasteiger partial charge >= 0.3 is 0 Å².